The van der Waals surface area contributed by atoms with Crippen molar-refractivity contribution in [3.63, 3.8) is 0 Å². The maximum Gasteiger partial charge on any atom is 0.416 e. The normalized spacial score (nSPS) is 12.0. The van der Waals surface area contributed by atoms with Crippen molar-refractivity contribution in [2.24, 2.45) is 0 Å². The van der Waals surface area contributed by atoms with E-state index in [0.29, 0.717) is 12.1 Å². The summed E-state index contributed by atoms with van der Waals surface area (Å²) in [6.45, 7) is 0. The molecular weight excluding hydrogens is 373 g/mol. The molecule has 134 valence electrons. The first kappa shape index (κ1) is 19.0. The highest BCUT2D eigenvalue weighted by Crippen LogP contribution is 2.37. The molecule has 0 bridgehead atoms. The van der Waals surface area contributed by atoms with Gasteiger partial charge in [0.25, 0.3) is 0 Å². The van der Waals surface area contributed by atoms with E-state index in [1.807, 2.05) is 0 Å². The minimum Gasteiger partial charge on any atom is -0.332 e. The van der Waals surface area contributed by atoms with Gasteiger partial charge in [-0.1, -0.05) is 6.07 Å². The predicted molar refractivity (Wildman–Crippen MR) is 82.7 cm³/mol. The number of halogens is 7. The summed E-state index contributed by atoms with van der Waals surface area (Å²) >= 11 is 4.83. The zero-order valence-corrected chi connectivity index (χ0v) is 12.9. The molecule has 0 saturated carbocycles. The third kappa shape index (κ3) is 5.31. The van der Waals surface area contributed by atoms with Gasteiger partial charge in [-0.05, 0) is 48.6 Å². The molecular formula is C15H9F7N2S. The molecule has 0 heterocycles. The molecule has 0 aromatic heterocycles. The summed E-state index contributed by atoms with van der Waals surface area (Å²) in [5.74, 6) is -0.591. The molecule has 2 aromatic rings. The molecule has 0 aliphatic heterocycles. The van der Waals surface area contributed by atoms with Crippen molar-refractivity contribution in [3.05, 3.63) is 59.4 Å². The molecule has 2 N–H and O–H groups in total. The van der Waals surface area contributed by atoms with E-state index in [4.69, 9.17) is 12.2 Å². The van der Waals surface area contributed by atoms with E-state index < -0.39 is 35.0 Å². The smallest absolute Gasteiger partial charge is 0.332 e. The van der Waals surface area contributed by atoms with Crippen molar-refractivity contribution < 1.29 is 30.7 Å². The third-order valence-electron chi connectivity index (χ3n) is 2.93. The molecule has 2 nitrogen and oxygen atoms in total. The number of benzene rings is 2. The van der Waals surface area contributed by atoms with Gasteiger partial charge in [-0.15, -0.1) is 0 Å². The lowest BCUT2D eigenvalue weighted by atomic mass is 10.1. The molecule has 0 radical (unpaired) electrons. The number of anilines is 2. The minimum absolute atomic E-state index is 0.00816. The third-order valence-corrected chi connectivity index (χ3v) is 3.13. The molecule has 0 atom stereocenters. The van der Waals surface area contributed by atoms with Crippen LogP contribution in [0.25, 0.3) is 0 Å². The standard InChI is InChI=1S/C15H9F7N2S/c16-10-2-1-3-11(7-10)23-13(25)24-12-5-8(14(17,18)19)4-9(6-12)15(20,21)22/h1-7H,(H2,23,24,25). The zero-order chi connectivity index (χ0) is 18.8. The van der Waals surface area contributed by atoms with Gasteiger partial charge in [0.15, 0.2) is 5.11 Å². The summed E-state index contributed by atoms with van der Waals surface area (Å²) in [6.07, 6.45) is -9.93. The Morgan fingerprint density at radius 1 is 0.760 bits per heavy atom. The van der Waals surface area contributed by atoms with Crippen LogP contribution in [0.2, 0.25) is 0 Å². The van der Waals surface area contributed by atoms with Gasteiger partial charge in [-0.2, -0.15) is 26.3 Å². The van der Waals surface area contributed by atoms with Gasteiger partial charge in [0, 0.05) is 11.4 Å². The second-order valence-electron chi connectivity index (χ2n) is 4.88. The highest BCUT2D eigenvalue weighted by molar-refractivity contribution is 7.80. The van der Waals surface area contributed by atoms with E-state index in [1.165, 1.54) is 12.1 Å². The number of thiocarbonyl (C=S) groups is 1. The van der Waals surface area contributed by atoms with Crippen LogP contribution in [-0.4, -0.2) is 5.11 Å². The van der Waals surface area contributed by atoms with Crippen LogP contribution in [0, 0.1) is 5.82 Å². The first-order valence-corrected chi connectivity index (χ1v) is 6.99. The van der Waals surface area contributed by atoms with E-state index in [-0.39, 0.29) is 16.9 Å². The van der Waals surface area contributed by atoms with Crippen molar-refractivity contribution in [3.8, 4) is 0 Å². The molecule has 0 saturated heterocycles. The van der Waals surface area contributed by atoms with Crippen molar-refractivity contribution in [2.45, 2.75) is 12.4 Å². The zero-order valence-electron chi connectivity index (χ0n) is 12.1. The summed E-state index contributed by atoms with van der Waals surface area (Å²) in [5, 5.41) is 4.40. The van der Waals surface area contributed by atoms with Gasteiger partial charge in [0.1, 0.15) is 5.82 Å². The average Bonchev–Trinajstić information content (AvgIpc) is 2.44. The number of rotatable bonds is 2. The van der Waals surface area contributed by atoms with Gasteiger partial charge in [-0.25, -0.2) is 4.39 Å². The van der Waals surface area contributed by atoms with Crippen LogP contribution in [0.1, 0.15) is 11.1 Å². The van der Waals surface area contributed by atoms with Crippen molar-refractivity contribution in [1.29, 1.82) is 0 Å². The second-order valence-corrected chi connectivity index (χ2v) is 5.29. The Labute approximate surface area is 142 Å². The molecule has 0 fully saturated rings. The molecule has 2 rings (SSSR count). The average molecular weight is 382 g/mol. The lowest BCUT2D eigenvalue weighted by Crippen LogP contribution is -2.20. The highest BCUT2D eigenvalue weighted by Gasteiger charge is 2.37. The van der Waals surface area contributed by atoms with E-state index in [0.717, 1.165) is 12.1 Å². The Morgan fingerprint density at radius 2 is 1.28 bits per heavy atom. The minimum atomic E-state index is -4.96. The SMILES string of the molecule is Fc1cccc(NC(=S)Nc2cc(C(F)(F)F)cc(C(F)(F)F)c2)c1. The van der Waals surface area contributed by atoms with Gasteiger partial charge >= 0.3 is 12.4 Å². The fraction of sp³-hybridized carbons (Fsp3) is 0.133. The van der Waals surface area contributed by atoms with E-state index >= 15 is 0 Å². The van der Waals surface area contributed by atoms with Gasteiger partial charge in [0.05, 0.1) is 11.1 Å². The number of alkyl halides is 6. The first-order valence-electron chi connectivity index (χ1n) is 6.58. The van der Waals surface area contributed by atoms with Crippen LogP contribution in [0.4, 0.5) is 42.1 Å². The van der Waals surface area contributed by atoms with Gasteiger partial charge < -0.3 is 10.6 Å². The Kier molecular flexibility index (Phi) is 5.21. The van der Waals surface area contributed by atoms with E-state index in [9.17, 15) is 30.7 Å². The second kappa shape index (κ2) is 6.87. The number of hydrogen-bond acceptors (Lipinski definition) is 1. The first-order chi connectivity index (χ1) is 11.4. The van der Waals surface area contributed by atoms with Crippen LogP contribution in [0.5, 0.6) is 0 Å². The van der Waals surface area contributed by atoms with E-state index in [2.05, 4.69) is 10.6 Å². The quantitative estimate of drug-likeness (QED) is 0.517. The molecule has 0 aliphatic carbocycles. The molecule has 0 spiro atoms. The molecule has 0 unspecified atom stereocenters. The summed E-state index contributed by atoms with van der Waals surface area (Å²) in [6, 6.07) is 5.99. The lowest BCUT2D eigenvalue weighted by Gasteiger charge is -2.16. The van der Waals surface area contributed by atoms with E-state index in [1.54, 1.807) is 0 Å². The largest absolute Gasteiger partial charge is 0.416 e. The van der Waals surface area contributed by atoms with Crippen LogP contribution >= 0.6 is 12.2 Å². The lowest BCUT2D eigenvalue weighted by molar-refractivity contribution is -0.143. The maximum absolute atomic E-state index is 13.1. The Hall–Kier alpha value is -2.36. The molecule has 0 amide bonds. The van der Waals surface area contributed by atoms with Crippen LogP contribution in [-0.2, 0) is 12.4 Å². The van der Waals surface area contributed by atoms with Crippen molar-refractivity contribution in [2.75, 3.05) is 10.6 Å². The Bertz CT molecular complexity index is 752. The number of hydrogen-bond donors (Lipinski definition) is 2. The number of nitrogens with one attached hydrogen (secondary N) is 2. The monoisotopic (exact) mass is 382 g/mol. The Balaban J connectivity index is 2.27. The fourth-order valence-electron chi connectivity index (χ4n) is 1.89. The van der Waals surface area contributed by atoms with Crippen molar-refractivity contribution >= 4 is 28.7 Å². The van der Waals surface area contributed by atoms with Crippen molar-refractivity contribution in [1.82, 2.24) is 0 Å². The fourth-order valence-corrected chi connectivity index (χ4v) is 2.12. The predicted octanol–water partition coefficient (Wildman–Crippen LogP) is 5.67. The van der Waals surface area contributed by atoms with Gasteiger partial charge in [-0.3, -0.25) is 0 Å². The summed E-state index contributed by atoms with van der Waals surface area (Å²) in [4.78, 5) is 0. The molecule has 25 heavy (non-hydrogen) atoms. The summed E-state index contributed by atoms with van der Waals surface area (Å²) in [5.41, 5.74) is -3.27. The molecule has 2 aromatic carbocycles. The van der Waals surface area contributed by atoms with Crippen LogP contribution in [0.15, 0.2) is 42.5 Å². The maximum atomic E-state index is 13.1. The molecule has 10 heteroatoms. The summed E-state index contributed by atoms with van der Waals surface area (Å²) < 4.78 is 89.7. The highest BCUT2D eigenvalue weighted by atomic mass is 32.1. The topological polar surface area (TPSA) is 24.1 Å². The van der Waals surface area contributed by atoms with Crippen LogP contribution in [0.3, 0.4) is 0 Å². The van der Waals surface area contributed by atoms with Crippen LogP contribution < -0.4 is 10.6 Å². The Morgan fingerprint density at radius 3 is 1.76 bits per heavy atom. The molecule has 0 aliphatic rings. The van der Waals surface area contributed by atoms with Gasteiger partial charge in [0.2, 0.25) is 0 Å². The summed E-state index contributed by atoms with van der Waals surface area (Å²) in [7, 11) is 0.